The second kappa shape index (κ2) is 33.4. The van der Waals surface area contributed by atoms with Gasteiger partial charge in [-0.1, -0.05) is 181 Å². The maximum Gasteiger partial charge on any atom is 0.338 e. The Balaban J connectivity index is 0.000000140. The minimum Gasteiger partial charge on any atom is -0.462 e. The van der Waals surface area contributed by atoms with Crippen LogP contribution in [-0.2, 0) is 35.1 Å². The zero-order chi connectivity index (χ0) is 83.3. The van der Waals surface area contributed by atoms with Crippen LogP contribution < -0.4 is 4.48 Å². The number of hydrogen-bond donors (Lipinski definition) is 4. The van der Waals surface area contributed by atoms with Gasteiger partial charge in [-0.2, -0.15) is 15.3 Å². The van der Waals surface area contributed by atoms with Gasteiger partial charge < -0.3 is 9.47 Å². The van der Waals surface area contributed by atoms with E-state index in [1.165, 1.54) is 17.6 Å². The molecule has 9 heterocycles. The molecule has 18 rings (SSSR count). The van der Waals surface area contributed by atoms with Crippen LogP contribution in [0.25, 0.3) is 99.9 Å². The lowest BCUT2D eigenvalue weighted by molar-refractivity contribution is 0.0517. The summed E-state index contributed by atoms with van der Waals surface area (Å²) >= 11 is 0. The lowest BCUT2D eigenvalue weighted by Gasteiger charge is -2.36. The molecule has 23 nitrogen and oxygen atoms in total. The fourth-order valence-electron chi connectivity index (χ4n) is 14.6. The third-order valence-electron chi connectivity index (χ3n) is 20.6. The van der Waals surface area contributed by atoms with Gasteiger partial charge in [0.1, 0.15) is 11.2 Å². The molecule has 0 bridgehead atoms. The largest absolute Gasteiger partial charge is 0.462 e. The molecule has 0 amide bonds. The van der Waals surface area contributed by atoms with Gasteiger partial charge in [0, 0.05) is 122 Å². The maximum atomic E-state index is 13.4. The number of carbonyl (C=O) groups is 2. The average molecular weight is 1650 g/mol. The monoisotopic (exact) mass is 1650 g/mol. The minimum absolute atomic E-state index is 0.172. The number of benzene rings is 9. The van der Waals surface area contributed by atoms with Gasteiger partial charge >= 0.3 is 11.9 Å². The molecule has 9 aromatic heterocycles. The van der Waals surface area contributed by atoms with E-state index in [0.29, 0.717) is 62.5 Å². The normalized spacial score (nSPS) is 12.0. The molecule has 0 fully saturated rings. The molecule has 4 N–H and O–H groups in total. The lowest BCUT2D eigenvalue weighted by atomic mass is 9.77. The van der Waals surface area contributed by atoms with Crippen molar-refractivity contribution in [2.24, 2.45) is 0 Å². The third-order valence-corrected chi connectivity index (χ3v) is 25.7. The topological polar surface area (TPSA) is 290 Å². The Morgan fingerprint density at radius 3 is 1.07 bits per heavy atom. The van der Waals surface area contributed by atoms with Crippen LogP contribution in [0.1, 0.15) is 51.3 Å². The number of nitrogens with one attached hydrogen (secondary N) is 2. The first kappa shape index (κ1) is 79.6. The molecule has 0 spiro atoms. The molecule has 0 saturated carbocycles. The van der Waals surface area contributed by atoms with Crippen LogP contribution in [0.3, 0.4) is 0 Å². The van der Waals surface area contributed by atoms with Crippen LogP contribution in [0.2, 0.25) is 0 Å². The number of nitrogens with zero attached hydrogens (tertiary/aromatic N) is 11. The molecule has 0 saturated heterocycles. The summed E-state index contributed by atoms with van der Waals surface area (Å²) < 4.78 is 94.1. The van der Waals surface area contributed by atoms with Crippen molar-refractivity contribution in [1.82, 2.24) is 61.5 Å². The number of fused-ring (bicyclic) bond motifs is 3. The highest BCUT2D eigenvalue weighted by Crippen LogP contribution is 2.53. The van der Waals surface area contributed by atoms with Crippen LogP contribution in [0, 0.1) is 0 Å². The molecular formula is C94H80N13O10S3+. The Hall–Kier alpha value is -14.3. The molecule has 26 heteroatoms. The molecule has 120 heavy (non-hydrogen) atoms. The van der Waals surface area contributed by atoms with Gasteiger partial charge in [-0.15, -0.1) is 0 Å². The van der Waals surface area contributed by atoms with Gasteiger partial charge in [-0.25, -0.2) is 53.3 Å². The van der Waals surface area contributed by atoms with E-state index >= 15 is 0 Å². The molecule has 0 aliphatic carbocycles. The van der Waals surface area contributed by atoms with Crippen molar-refractivity contribution >= 4 is 81.5 Å². The quantitative estimate of drug-likeness (QED) is 0.0295. The van der Waals surface area contributed by atoms with E-state index in [-0.39, 0.29) is 21.7 Å². The number of esters is 2. The maximum absolute atomic E-state index is 13.4. The van der Waals surface area contributed by atoms with Gasteiger partial charge in [0.05, 0.1) is 78.8 Å². The highest BCUT2D eigenvalue weighted by atomic mass is 32.3. The summed E-state index contributed by atoms with van der Waals surface area (Å²) in [6.07, 6.45) is 20.6. The smallest absolute Gasteiger partial charge is 0.338 e. The molecule has 0 radical (unpaired) electrons. The molecule has 0 aliphatic rings. The number of aromatic amines is 2. The number of quaternary nitrogens is 1. The number of carbonyl (C=O) groups excluding carboxylic acids is 2. The summed E-state index contributed by atoms with van der Waals surface area (Å²) in [5.41, 5.74) is 15.1. The van der Waals surface area contributed by atoms with Crippen molar-refractivity contribution in [3.05, 3.63) is 375 Å². The van der Waals surface area contributed by atoms with E-state index < -0.39 is 36.4 Å². The van der Waals surface area contributed by atoms with Crippen LogP contribution in [0.15, 0.2) is 362 Å². The van der Waals surface area contributed by atoms with Crippen molar-refractivity contribution in [1.29, 1.82) is 0 Å². The highest BCUT2D eigenvalue weighted by molar-refractivity contribution is 8.23. The molecule has 0 unspecified atom stereocenters. The van der Waals surface area contributed by atoms with E-state index in [9.17, 15) is 35.5 Å². The van der Waals surface area contributed by atoms with Gasteiger partial charge in [-0.05, 0) is 150 Å². The summed E-state index contributed by atoms with van der Waals surface area (Å²) in [5.74, 6) is -0.763. The first-order valence-corrected chi connectivity index (χ1v) is 42.7. The summed E-state index contributed by atoms with van der Waals surface area (Å²) in [5, 5.41) is 20.8. The predicted molar refractivity (Wildman–Crippen MR) is 469 cm³/mol. The van der Waals surface area contributed by atoms with Crippen molar-refractivity contribution < 1.29 is 45.0 Å². The number of pyridine rings is 3. The van der Waals surface area contributed by atoms with Crippen LogP contribution >= 0.6 is 10.8 Å². The molecule has 9 aromatic carbocycles. The minimum atomic E-state index is -3.86. The number of H-pyrrole nitrogens is 2. The van der Waals surface area contributed by atoms with Crippen molar-refractivity contribution in [3.63, 3.8) is 0 Å². The summed E-state index contributed by atoms with van der Waals surface area (Å²) in [7, 11) is -4.84. The summed E-state index contributed by atoms with van der Waals surface area (Å²) in [6.45, 7) is 4.14. The number of aromatic nitrogens is 12. The van der Waals surface area contributed by atoms with Gasteiger partial charge in [0.15, 0.2) is 16.9 Å². The molecule has 598 valence electrons. The number of rotatable bonds is 21. The fraction of sp³-hybridized carbons (Fsp3) is 0.0851. The summed E-state index contributed by atoms with van der Waals surface area (Å²) in [4.78, 5) is 39.0. The van der Waals surface area contributed by atoms with Gasteiger partial charge in [0.25, 0.3) is 20.0 Å². The molecular weight excluding hydrogens is 1570 g/mol. The standard InChI is InChI=1S/C44H36N4O4S.C25H24N5O2S.C25H20N4O4S/c1-2-52-43(49)33-25-23-32(24-26-33)34-27-40-41(31-47(42(40)45-28-34)53(50,51)39-21-13-6-14-22-39)35-29-46-48(30-35)44(36-15-7-3-8-16-36,37-17-9-4-10-18-37)38-19-11-5-12-20-38;1-30(2,3)21-11-9-18(10-12-21)19-13-23-24(20-15-27-28-16-20)17-29(25(23)26-14-19)33(31,32)22-7-5-4-6-8-22;1-2-33-25(30)18-10-8-17(9-11-18)19-12-22-23(20-14-27-28-15-20)16-29(24(22)26-13-19)34(31,32)21-6-4-3-5-7-21/h3-31,50-51H,2H2,1H3;4-17H,1-3H3,(H,27,28);3-16H,2H2,1H3,(H,27,28)/q;+1;. The lowest BCUT2D eigenvalue weighted by Crippen LogP contribution is -2.38. The Morgan fingerprint density at radius 2 is 0.717 bits per heavy atom. The Bertz CT molecular complexity index is 6820. The predicted octanol–water partition coefficient (Wildman–Crippen LogP) is 19.2. The molecule has 0 atom stereocenters. The van der Waals surface area contributed by atoms with E-state index in [4.69, 9.17) is 19.6 Å². The van der Waals surface area contributed by atoms with Crippen LogP contribution in [-0.4, -0.2) is 129 Å². The van der Waals surface area contributed by atoms with Crippen molar-refractivity contribution in [3.8, 4) is 66.8 Å². The molecule has 18 aromatic rings. The number of ether oxygens (including phenoxy) is 2. The van der Waals surface area contributed by atoms with Crippen LogP contribution in [0.5, 0.6) is 0 Å². The zero-order valence-electron chi connectivity index (χ0n) is 65.6. The van der Waals surface area contributed by atoms with E-state index in [0.717, 1.165) is 87.8 Å². The number of hydrogen-bond acceptors (Lipinski definition) is 16. The zero-order valence-corrected chi connectivity index (χ0v) is 68.1. The van der Waals surface area contributed by atoms with E-state index in [1.54, 1.807) is 185 Å². The second-order valence-corrected chi connectivity index (χ2v) is 34.4. The Morgan fingerprint density at radius 1 is 0.383 bits per heavy atom. The summed E-state index contributed by atoms with van der Waals surface area (Å²) in [6, 6.07) is 84.7. The Kier molecular flexibility index (Phi) is 22.1. The first-order valence-electron chi connectivity index (χ1n) is 38.3. The van der Waals surface area contributed by atoms with E-state index in [2.05, 4.69) is 112 Å². The van der Waals surface area contributed by atoms with Crippen molar-refractivity contribution in [2.45, 2.75) is 34.1 Å². The van der Waals surface area contributed by atoms with Gasteiger partial charge in [0.2, 0.25) is 0 Å². The molecule has 0 aliphatic heterocycles. The Labute approximate surface area is 693 Å². The second-order valence-electron chi connectivity index (χ2n) is 28.9. The SMILES string of the molecule is CCOC(=O)c1ccc(-c2cnc3c(c2)c(-c2cn[nH]c2)cn3S(=O)(=O)c2ccccc2)cc1.CCOC(=O)c1ccc(-c2cnc3c(c2)c(-c2cnn(C(c4ccccc4)(c4ccccc4)c4ccccc4)c2)cn3S(O)(O)c2ccccc2)cc1.C[N+](C)(C)c1ccc(-c2cnc3c(c2)c(-c2cn[nH]c2)cn3S(=O)(=O)c2ccccc2)cc1. The van der Waals surface area contributed by atoms with Crippen molar-refractivity contribution in [2.75, 3.05) is 34.4 Å². The first-order chi connectivity index (χ1) is 58.1. The highest BCUT2D eigenvalue weighted by Gasteiger charge is 2.40. The fourth-order valence-corrected chi connectivity index (χ4v) is 18.7. The van der Waals surface area contributed by atoms with Gasteiger partial charge in [-0.3, -0.25) is 28.5 Å². The van der Waals surface area contributed by atoms with E-state index in [1.807, 2.05) is 120 Å². The average Bonchev–Trinajstić information content (AvgIpc) is 0.859. The van der Waals surface area contributed by atoms with Crippen LogP contribution in [0.4, 0.5) is 5.69 Å². The third kappa shape index (κ3) is 15.5.